The van der Waals surface area contributed by atoms with E-state index < -0.39 is 10.7 Å². The molecule has 21 heavy (non-hydrogen) atoms. The average Bonchev–Trinajstić information content (AvgIpc) is 2.47. The lowest BCUT2D eigenvalue weighted by molar-refractivity contribution is -0.384. The first-order chi connectivity index (χ1) is 10.0. The number of nitro groups is 1. The van der Waals surface area contributed by atoms with E-state index in [0.717, 1.165) is 44.8 Å². The number of rotatable bonds is 5. The second-order valence-corrected chi connectivity index (χ2v) is 6.10. The normalized spacial score (nSPS) is 18.8. The molecule has 7 heteroatoms. The first-order valence-electron chi connectivity index (χ1n) is 7.09. The van der Waals surface area contributed by atoms with Crippen molar-refractivity contribution in [2.75, 3.05) is 25.0 Å². The van der Waals surface area contributed by atoms with Crippen molar-refractivity contribution in [2.24, 2.45) is 0 Å². The third-order valence-electron chi connectivity index (χ3n) is 3.88. The molecule has 0 bridgehead atoms. The molecule has 0 radical (unpaired) electrons. The van der Waals surface area contributed by atoms with Crippen molar-refractivity contribution in [3.63, 3.8) is 0 Å². The van der Waals surface area contributed by atoms with Crippen molar-refractivity contribution in [3.05, 3.63) is 32.5 Å². The first-order valence-corrected chi connectivity index (χ1v) is 7.88. The summed E-state index contributed by atoms with van der Waals surface area (Å²) in [4.78, 5) is 12.8. The van der Waals surface area contributed by atoms with E-state index in [1.807, 2.05) is 7.05 Å². The lowest BCUT2D eigenvalue weighted by atomic mass is 9.98. The quantitative estimate of drug-likeness (QED) is 0.645. The van der Waals surface area contributed by atoms with E-state index in [4.69, 9.17) is 0 Å². The summed E-state index contributed by atoms with van der Waals surface area (Å²) in [5, 5.41) is 14.3. The second-order valence-electron chi connectivity index (χ2n) is 5.25. The largest absolute Gasteiger partial charge is 0.363 e. The smallest absolute Gasteiger partial charge is 0.295 e. The molecule has 0 spiro atoms. The van der Waals surface area contributed by atoms with Gasteiger partial charge in [-0.2, -0.15) is 0 Å². The highest BCUT2D eigenvalue weighted by Crippen LogP contribution is 2.37. The Morgan fingerprint density at radius 3 is 2.95 bits per heavy atom. The van der Waals surface area contributed by atoms with Gasteiger partial charge in [0.2, 0.25) is 0 Å². The predicted molar refractivity (Wildman–Crippen MR) is 84.3 cm³/mol. The molecule has 0 aromatic heterocycles. The van der Waals surface area contributed by atoms with Crippen LogP contribution in [0.2, 0.25) is 0 Å². The fourth-order valence-corrected chi connectivity index (χ4v) is 3.16. The highest BCUT2D eigenvalue weighted by Gasteiger charge is 2.29. The number of piperidine rings is 1. The van der Waals surface area contributed by atoms with E-state index in [1.165, 1.54) is 6.07 Å². The van der Waals surface area contributed by atoms with Crippen molar-refractivity contribution < 1.29 is 9.31 Å². The van der Waals surface area contributed by atoms with E-state index in [-0.39, 0.29) is 16.2 Å². The van der Waals surface area contributed by atoms with E-state index >= 15 is 0 Å². The number of halogens is 2. The van der Waals surface area contributed by atoms with Crippen LogP contribution in [0.5, 0.6) is 0 Å². The average molecular weight is 360 g/mol. The maximum Gasteiger partial charge on any atom is 0.295 e. The highest BCUT2D eigenvalue weighted by molar-refractivity contribution is 9.10. The first kappa shape index (κ1) is 16.2. The summed E-state index contributed by atoms with van der Waals surface area (Å²) < 4.78 is 13.9. The molecule has 1 aliphatic heterocycles. The highest BCUT2D eigenvalue weighted by atomic mass is 79.9. The molecule has 116 valence electrons. The lowest BCUT2D eigenvalue weighted by Crippen LogP contribution is -2.41. The molecule has 1 unspecified atom stereocenters. The summed E-state index contributed by atoms with van der Waals surface area (Å²) in [6.07, 6.45) is 4.06. The molecule has 1 fully saturated rings. The monoisotopic (exact) mass is 359 g/mol. The van der Waals surface area contributed by atoms with Gasteiger partial charge in [0.25, 0.3) is 5.69 Å². The number of nitro benzene ring substituents is 1. The molecule has 0 saturated carbocycles. The maximum atomic E-state index is 13.6. The fraction of sp³-hybridized carbons (Fsp3) is 0.571. The Bertz CT molecular complexity index is 527. The molecular weight excluding hydrogens is 341 g/mol. The minimum Gasteiger partial charge on any atom is -0.363 e. The maximum absolute atomic E-state index is 13.6. The lowest BCUT2D eigenvalue weighted by Gasteiger charge is -2.37. The van der Waals surface area contributed by atoms with Crippen molar-refractivity contribution in [1.29, 1.82) is 0 Å². The standard InChI is InChI=1S/C14H19BrFN3O2/c1-17-6-5-10-4-2-3-7-18(10)13-8-11(15)12(16)9-14(13)19(20)21/h8-10,17H,2-7H2,1H3. The number of benzene rings is 1. The zero-order valence-electron chi connectivity index (χ0n) is 11.9. The zero-order valence-corrected chi connectivity index (χ0v) is 13.5. The molecule has 1 saturated heterocycles. The SMILES string of the molecule is CNCCC1CCCCN1c1cc(Br)c(F)cc1[N+](=O)[O-]. The Balaban J connectivity index is 2.37. The van der Waals surface area contributed by atoms with Crippen LogP contribution in [0.3, 0.4) is 0 Å². The van der Waals surface area contributed by atoms with E-state index in [0.29, 0.717) is 5.69 Å². The summed E-state index contributed by atoms with van der Waals surface area (Å²) in [6.45, 7) is 1.63. The summed E-state index contributed by atoms with van der Waals surface area (Å²) in [5.41, 5.74) is 0.348. The Morgan fingerprint density at radius 2 is 2.29 bits per heavy atom. The number of nitrogens with zero attached hydrogens (tertiary/aromatic N) is 2. The fourth-order valence-electron chi connectivity index (χ4n) is 2.83. The second kappa shape index (κ2) is 7.17. The number of nitrogens with one attached hydrogen (secondary N) is 1. The van der Waals surface area contributed by atoms with Gasteiger partial charge in [-0.05, 0) is 61.3 Å². The van der Waals surface area contributed by atoms with E-state index in [2.05, 4.69) is 26.1 Å². The molecule has 2 rings (SSSR count). The molecule has 5 nitrogen and oxygen atoms in total. The number of hydrogen-bond acceptors (Lipinski definition) is 4. The van der Waals surface area contributed by atoms with Crippen LogP contribution in [-0.2, 0) is 0 Å². The molecule has 1 aromatic rings. The third-order valence-corrected chi connectivity index (χ3v) is 4.49. The molecule has 1 aliphatic rings. The Kier molecular flexibility index (Phi) is 5.52. The van der Waals surface area contributed by atoms with Crippen LogP contribution < -0.4 is 10.2 Å². The van der Waals surface area contributed by atoms with Gasteiger partial charge in [-0.25, -0.2) is 4.39 Å². The van der Waals surface area contributed by atoms with Gasteiger partial charge >= 0.3 is 0 Å². The third kappa shape index (κ3) is 3.71. The van der Waals surface area contributed by atoms with E-state index in [1.54, 1.807) is 0 Å². The molecule has 1 atom stereocenters. The number of anilines is 1. The van der Waals surface area contributed by atoms with Crippen LogP contribution in [0, 0.1) is 15.9 Å². The minimum absolute atomic E-state index is 0.160. The predicted octanol–water partition coefficient (Wildman–Crippen LogP) is 3.46. The Hall–Kier alpha value is -1.21. The summed E-state index contributed by atoms with van der Waals surface area (Å²) >= 11 is 3.13. The molecule has 0 amide bonds. The van der Waals surface area contributed by atoms with Crippen molar-refractivity contribution in [1.82, 2.24) is 5.32 Å². The van der Waals surface area contributed by atoms with Gasteiger partial charge < -0.3 is 10.2 Å². The van der Waals surface area contributed by atoms with E-state index in [9.17, 15) is 14.5 Å². The van der Waals surface area contributed by atoms with Crippen LogP contribution in [0.25, 0.3) is 0 Å². The molecular formula is C14H19BrFN3O2. The zero-order chi connectivity index (χ0) is 15.4. The molecule has 1 N–H and O–H groups in total. The van der Waals surface area contributed by atoms with Gasteiger partial charge in [0.05, 0.1) is 15.5 Å². The van der Waals surface area contributed by atoms with Crippen molar-refractivity contribution in [2.45, 2.75) is 31.7 Å². The Morgan fingerprint density at radius 1 is 1.52 bits per heavy atom. The van der Waals surface area contributed by atoms with Crippen LogP contribution in [0.15, 0.2) is 16.6 Å². The summed E-state index contributed by atoms with van der Waals surface area (Å²) in [6, 6.07) is 2.79. The minimum atomic E-state index is -0.603. The molecule has 0 aliphatic carbocycles. The van der Waals surface area contributed by atoms with Crippen LogP contribution in [0.4, 0.5) is 15.8 Å². The topological polar surface area (TPSA) is 58.4 Å². The van der Waals surface area contributed by atoms with Crippen LogP contribution >= 0.6 is 15.9 Å². The number of hydrogen-bond donors (Lipinski definition) is 1. The molecule has 1 heterocycles. The summed E-state index contributed by atoms with van der Waals surface area (Å²) in [7, 11) is 1.89. The van der Waals surface area contributed by atoms with Crippen LogP contribution in [-0.4, -0.2) is 31.1 Å². The van der Waals surface area contributed by atoms with Gasteiger partial charge in [0.1, 0.15) is 11.5 Å². The van der Waals surface area contributed by atoms with Crippen molar-refractivity contribution in [3.8, 4) is 0 Å². The van der Waals surface area contributed by atoms with Gasteiger partial charge in [-0.15, -0.1) is 0 Å². The Labute approximate surface area is 131 Å². The van der Waals surface area contributed by atoms with Crippen molar-refractivity contribution >= 4 is 27.3 Å². The van der Waals surface area contributed by atoms with Gasteiger partial charge in [0.15, 0.2) is 0 Å². The van der Waals surface area contributed by atoms with Crippen LogP contribution in [0.1, 0.15) is 25.7 Å². The van der Waals surface area contributed by atoms with Gasteiger partial charge in [-0.1, -0.05) is 0 Å². The van der Waals surface area contributed by atoms with Gasteiger partial charge in [-0.3, -0.25) is 10.1 Å². The van der Waals surface area contributed by atoms with Gasteiger partial charge in [0, 0.05) is 12.6 Å². The molecule has 1 aromatic carbocycles. The summed E-state index contributed by atoms with van der Waals surface area (Å²) in [5.74, 6) is -0.603.